The maximum atomic E-state index is 13.3. The Bertz CT molecular complexity index is 1540. The van der Waals surface area contributed by atoms with Crippen LogP contribution in [-0.2, 0) is 11.3 Å². The van der Waals surface area contributed by atoms with E-state index in [1.807, 2.05) is 48.0 Å². The SMILES string of the molecule is CC(=O)N(c1cccc(C)c1)c1nc(Cn2cnc3scc(-c4ccc(C)s4)c3c2=O)cs1. The van der Waals surface area contributed by atoms with Crippen LogP contribution in [-0.4, -0.2) is 20.4 Å². The second-order valence-electron chi connectivity index (χ2n) is 7.73. The van der Waals surface area contributed by atoms with Crippen molar-refractivity contribution in [2.75, 3.05) is 4.90 Å². The molecule has 0 radical (unpaired) electrons. The number of carbonyl (C=O) groups is 1. The summed E-state index contributed by atoms with van der Waals surface area (Å²) in [6.07, 6.45) is 1.58. The number of aromatic nitrogens is 3. The molecule has 0 spiro atoms. The number of nitrogens with zero attached hydrogens (tertiary/aromatic N) is 4. The number of benzene rings is 1. The van der Waals surface area contributed by atoms with Gasteiger partial charge < -0.3 is 0 Å². The molecule has 4 heterocycles. The lowest BCUT2D eigenvalue weighted by molar-refractivity contribution is -0.115. The minimum atomic E-state index is -0.115. The number of aryl methyl sites for hydroxylation is 2. The molecule has 33 heavy (non-hydrogen) atoms. The van der Waals surface area contributed by atoms with Gasteiger partial charge in [-0.05, 0) is 43.7 Å². The quantitative estimate of drug-likeness (QED) is 0.302. The standard InChI is InChI=1S/C24H20N4O2S3/c1-14-5-4-6-18(9-14)28(16(3)29)24-26-17(11-32-24)10-27-13-25-22-21(23(27)30)19(12-31-22)20-8-7-15(2)33-20/h4-9,11-13H,10H2,1-3H3. The number of carbonyl (C=O) groups excluding carboxylic acids is 1. The largest absolute Gasteiger partial charge is 0.293 e. The van der Waals surface area contributed by atoms with Crippen molar-refractivity contribution in [3.63, 3.8) is 0 Å². The van der Waals surface area contributed by atoms with Crippen LogP contribution in [0.15, 0.2) is 58.3 Å². The Hall–Kier alpha value is -3.14. The first-order chi connectivity index (χ1) is 15.9. The maximum absolute atomic E-state index is 13.3. The van der Waals surface area contributed by atoms with Crippen LogP contribution in [0, 0.1) is 13.8 Å². The first-order valence-electron chi connectivity index (χ1n) is 10.3. The number of hydrogen-bond donors (Lipinski definition) is 0. The van der Waals surface area contributed by atoms with E-state index in [4.69, 9.17) is 0 Å². The van der Waals surface area contributed by atoms with Gasteiger partial charge in [0.1, 0.15) is 4.83 Å². The topological polar surface area (TPSA) is 68.1 Å². The molecule has 6 nitrogen and oxygen atoms in total. The Kier molecular flexibility index (Phi) is 5.69. The summed E-state index contributed by atoms with van der Waals surface area (Å²) in [5.74, 6) is -0.115. The van der Waals surface area contributed by atoms with E-state index in [2.05, 4.69) is 23.0 Å². The van der Waals surface area contributed by atoms with Gasteiger partial charge in [0.05, 0.1) is 29.6 Å². The van der Waals surface area contributed by atoms with E-state index < -0.39 is 0 Å². The maximum Gasteiger partial charge on any atom is 0.263 e. The van der Waals surface area contributed by atoms with Crippen LogP contribution in [0.25, 0.3) is 20.7 Å². The van der Waals surface area contributed by atoms with E-state index >= 15 is 0 Å². The molecule has 0 atom stereocenters. The van der Waals surface area contributed by atoms with Gasteiger partial charge >= 0.3 is 0 Å². The van der Waals surface area contributed by atoms with Gasteiger partial charge in [0.15, 0.2) is 5.13 Å². The van der Waals surface area contributed by atoms with Crippen LogP contribution < -0.4 is 10.5 Å². The minimum absolute atomic E-state index is 0.0843. The molecule has 9 heteroatoms. The molecule has 1 aromatic carbocycles. The fraction of sp³-hybridized carbons (Fsp3) is 0.167. The number of anilines is 2. The Balaban J connectivity index is 1.49. The summed E-state index contributed by atoms with van der Waals surface area (Å²) in [6, 6.07) is 11.9. The number of rotatable bonds is 5. The Labute approximate surface area is 202 Å². The zero-order chi connectivity index (χ0) is 23.1. The van der Waals surface area contributed by atoms with Gasteiger partial charge in [0.25, 0.3) is 5.56 Å². The van der Waals surface area contributed by atoms with Gasteiger partial charge in [-0.3, -0.25) is 19.1 Å². The third kappa shape index (κ3) is 4.15. The fourth-order valence-corrected chi connectivity index (χ4v) is 6.42. The van der Waals surface area contributed by atoms with E-state index in [9.17, 15) is 9.59 Å². The summed E-state index contributed by atoms with van der Waals surface area (Å²) in [5.41, 5.74) is 3.40. The van der Waals surface area contributed by atoms with E-state index in [1.54, 1.807) is 27.1 Å². The summed E-state index contributed by atoms with van der Waals surface area (Å²) >= 11 is 4.53. The van der Waals surface area contributed by atoms with Crippen molar-refractivity contribution in [3.05, 3.63) is 80.0 Å². The minimum Gasteiger partial charge on any atom is -0.293 e. The molecule has 0 aliphatic heterocycles. The van der Waals surface area contributed by atoms with Gasteiger partial charge in [0, 0.05) is 33.0 Å². The van der Waals surface area contributed by atoms with E-state index in [0.717, 1.165) is 26.5 Å². The van der Waals surface area contributed by atoms with Gasteiger partial charge in [-0.1, -0.05) is 12.1 Å². The molecule has 0 saturated carbocycles. The summed E-state index contributed by atoms with van der Waals surface area (Å²) in [4.78, 5) is 39.5. The monoisotopic (exact) mass is 492 g/mol. The van der Waals surface area contributed by atoms with Crippen molar-refractivity contribution < 1.29 is 4.79 Å². The van der Waals surface area contributed by atoms with Crippen LogP contribution in [0.5, 0.6) is 0 Å². The van der Waals surface area contributed by atoms with Crippen LogP contribution in [0.3, 0.4) is 0 Å². The molecule has 0 fully saturated rings. The molecule has 5 aromatic rings. The lowest BCUT2D eigenvalue weighted by Crippen LogP contribution is -2.23. The molecular weight excluding hydrogens is 472 g/mol. The summed E-state index contributed by atoms with van der Waals surface area (Å²) in [6.45, 7) is 5.85. The second-order valence-corrected chi connectivity index (χ2v) is 10.7. The van der Waals surface area contributed by atoms with E-state index in [0.29, 0.717) is 16.2 Å². The number of thiophene rings is 2. The predicted molar refractivity (Wildman–Crippen MR) is 137 cm³/mol. The summed E-state index contributed by atoms with van der Waals surface area (Å²) in [5, 5.41) is 5.11. The van der Waals surface area contributed by atoms with Crippen molar-refractivity contribution in [1.82, 2.24) is 14.5 Å². The summed E-state index contributed by atoms with van der Waals surface area (Å²) in [7, 11) is 0. The van der Waals surface area contributed by atoms with Crippen molar-refractivity contribution >= 4 is 61.0 Å². The van der Waals surface area contributed by atoms with Crippen molar-refractivity contribution in [1.29, 1.82) is 0 Å². The Morgan fingerprint density at radius 2 is 1.97 bits per heavy atom. The van der Waals surface area contributed by atoms with Crippen LogP contribution >= 0.6 is 34.0 Å². The molecule has 166 valence electrons. The molecular formula is C24H20N4O2S3. The third-order valence-electron chi connectivity index (χ3n) is 5.20. The highest BCUT2D eigenvalue weighted by Crippen LogP contribution is 2.35. The van der Waals surface area contributed by atoms with Gasteiger partial charge in [-0.25, -0.2) is 9.97 Å². The zero-order valence-corrected chi connectivity index (χ0v) is 20.7. The summed E-state index contributed by atoms with van der Waals surface area (Å²) < 4.78 is 1.59. The Morgan fingerprint density at radius 1 is 1.12 bits per heavy atom. The fourth-order valence-electron chi connectivity index (χ4n) is 3.68. The molecule has 4 aromatic heterocycles. The highest BCUT2D eigenvalue weighted by atomic mass is 32.1. The smallest absolute Gasteiger partial charge is 0.263 e. The highest BCUT2D eigenvalue weighted by molar-refractivity contribution is 7.19. The first-order valence-corrected chi connectivity index (χ1v) is 12.8. The van der Waals surface area contributed by atoms with Gasteiger partial charge in [-0.2, -0.15) is 0 Å². The van der Waals surface area contributed by atoms with Crippen LogP contribution in [0.4, 0.5) is 10.8 Å². The third-order valence-corrected chi connectivity index (χ3v) is 8.00. The van der Waals surface area contributed by atoms with Crippen molar-refractivity contribution in [2.24, 2.45) is 0 Å². The van der Waals surface area contributed by atoms with Crippen LogP contribution in [0.1, 0.15) is 23.1 Å². The molecule has 0 unspecified atom stereocenters. The average molecular weight is 493 g/mol. The second kappa shape index (κ2) is 8.66. The van der Waals surface area contributed by atoms with E-state index in [-0.39, 0.29) is 18.0 Å². The molecule has 0 bridgehead atoms. The molecule has 0 saturated heterocycles. The zero-order valence-electron chi connectivity index (χ0n) is 18.2. The average Bonchev–Trinajstić information content (AvgIpc) is 3.50. The highest BCUT2D eigenvalue weighted by Gasteiger charge is 2.19. The molecule has 1 amide bonds. The van der Waals surface area contributed by atoms with E-state index in [1.165, 1.54) is 34.5 Å². The lowest BCUT2D eigenvalue weighted by Gasteiger charge is -2.18. The van der Waals surface area contributed by atoms with Gasteiger partial charge in [-0.15, -0.1) is 34.0 Å². The number of fused-ring (bicyclic) bond motifs is 1. The van der Waals surface area contributed by atoms with Crippen molar-refractivity contribution in [2.45, 2.75) is 27.3 Å². The molecule has 0 aliphatic rings. The first kappa shape index (κ1) is 21.7. The Morgan fingerprint density at radius 3 is 2.70 bits per heavy atom. The normalized spacial score (nSPS) is 11.2. The predicted octanol–water partition coefficient (Wildman–Crippen LogP) is 5.99. The van der Waals surface area contributed by atoms with Crippen LogP contribution in [0.2, 0.25) is 0 Å². The van der Waals surface area contributed by atoms with Gasteiger partial charge in [0.2, 0.25) is 5.91 Å². The number of hydrogen-bond acceptors (Lipinski definition) is 7. The number of amides is 1. The van der Waals surface area contributed by atoms with Crippen molar-refractivity contribution in [3.8, 4) is 10.4 Å². The number of thiazole rings is 1. The molecule has 5 rings (SSSR count). The molecule has 0 aliphatic carbocycles. The molecule has 0 N–H and O–H groups in total. The lowest BCUT2D eigenvalue weighted by atomic mass is 10.2.